The average molecular weight is 437 g/mol. The van der Waals surface area contributed by atoms with E-state index in [0.717, 1.165) is 16.9 Å². The molecule has 1 unspecified atom stereocenters. The molecule has 0 aromatic heterocycles. The number of nitrogens with one attached hydrogen (secondary N) is 2. The SMILES string of the molecule is CC(=O)OCC1COc2ccc(NC(=O)c3ccc(C(=N)N4CCOCC4)cc3)cc2C1. The van der Waals surface area contributed by atoms with Crippen molar-refractivity contribution in [2.24, 2.45) is 5.92 Å². The molecule has 0 radical (unpaired) electrons. The highest BCUT2D eigenvalue weighted by atomic mass is 16.5. The van der Waals surface area contributed by atoms with Crippen LogP contribution in [0.2, 0.25) is 0 Å². The van der Waals surface area contributed by atoms with E-state index in [9.17, 15) is 9.59 Å². The highest BCUT2D eigenvalue weighted by Crippen LogP contribution is 2.30. The second-order valence-electron chi connectivity index (χ2n) is 7.99. The van der Waals surface area contributed by atoms with Crippen LogP contribution in [0.1, 0.15) is 28.4 Å². The number of nitrogens with zero attached hydrogens (tertiary/aromatic N) is 1. The highest BCUT2D eigenvalue weighted by Gasteiger charge is 2.22. The van der Waals surface area contributed by atoms with E-state index in [2.05, 4.69) is 5.32 Å². The zero-order chi connectivity index (χ0) is 22.5. The van der Waals surface area contributed by atoms with Crippen LogP contribution in [0, 0.1) is 11.3 Å². The van der Waals surface area contributed by atoms with Gasteiger partial charge in [-0.1, -0.05) is 12.1 Å². The molecule has 0 saturated carbocycles. The van der Waals surface area contributed by atoms with E-state index in [4.69, 9.17) is 19.6 Å². The Hall–Kier alpha value is -3.39. The van der Waals surface area contributed by atoms with Crippen molar-refractivity contribution in [2.45, 2.75) is 13.3 Å². The summed E-state index contributed by atoms with van der Waals surface area (Å²) in [5.41, 5.74) is 2.94. The summed E-state index contributed by atoms with van der Waals surface area (Å²) < 4.78 is 16.2. The van der Waals surface area contributed by atoms with E-state index in [1.165, 1.54) is 6.92 Å². The van der Waals surface area contributed by atoms with Gasteiger partial charge in [0.05, 0.1) is 26.4 Å². The van der Waals surface area contributed by atoms with Gasteiger partial charge in [-0.3, -0.25) is 15.0 Å². The average Bonchev–Trinajstić information content (AvgIpc) is 2.82. The van der Waals surface area contributed by atoms with Crippen molar-refractivity contribution in [2.75, 3.05) is 44.8 Å². The lowest BCUT2D eigenvalue weighted by atomic mass is 9.97. The second kappa shape index (κ2) is 9.82. The molecule has 2 aromatic carbocycles. The zero-order valence-corrected chi connectivity index (χ0v) is 18.1. The molecule has 2 N–H and O–H groups in total. The second-order valence-corrected chi connectivity index (χ2v) is 7.99. The number of morpholine rings is 1. The van der Waals surface area contributed by atoms with Gasteiger partial charge < -0.3 is 24.4 Å². The van der Waals surface area contributed by atoms with Crippen molar-refractivity contribution in [1.29, 1.82) is 5.41 Å². The molecule has 4 rings (SSSR count). The van der Waals surface area contributed by atoms with Crippen LogP contribution in [0.3, 0.4) is 0 Å². The third kappa shape index (κ3) is 5.26. The van der Waals surface area contributed by atoms with Crippen LogP contribution in [0.5, 0.6) is 5.75 Å². The van der Waals surface area contributed by atoms with E-state index in [-0.39, 0.29) is 17.8 Å². The first-order valence-electron chi connectivity index (χ1n) is 10.7. The molecular formula is C24H27N3O5. The lowest BCUT2D eigenvalue weighted by Gasteiger charge is -2.29. The first-order valence-corrected chi connectivity index (χ1v) is 10.7. The Kier molecular flexibility index (Phi) is 6.70. The normalized spacial score (nSPS) is 17.7. The summed E-state index contributed by atoms with van der Waals surface area (Å²) >= 11 is 0. The van der Waals surface area contributed by atoms with E-state index in [1.807, 2.05) is 23.1 Å². The Morgan fingerprint density at radius 2 is 1.84 bits per heavy atom. The van der Waals surface area contributed by atoms with Gasteiger partial charge in [-0.15, -0.1) is 0 Å². The molecule has 0 spiro atoms. The van der Waals surface area contributed by atoms with E-state index >= 15 is 0 Å². The molecule has 2 heterocycles. The minimum absolute atomic E-state index is 0.0895. The molecule has 2 aromatic rings. The minimum atomic E-state index is -0.303. The molecule has 1 fully saturated rings. The third-order valence-electron chi connectivity index (χ3n) is 5.57. The number of hydrogen-bond acceptors (Lipinski definition) is 6. The van der Waals surface area contributed by atoms with Gasteiger partial charge in [0.2, 0.25) is 0 Å². The van der Waals surface area contributed by atoms with Crippen LogP contribution in [0.25, 0.3) is 0 Å². The molecule has 8 heteroatoms. The number of amidine groups is 1. The number of amides is 1. The van der Waals surface area contributed by atoms with Crippen LogP contribution >= 0.6 is 0 Å². The number of fused-ring (bicyclic) bond motifs is 1. The van der Waals surface area contributed by atoms with Crippen molar-refractivity contribution < 1.29 is 23.8 Å². The smallest absolute Gasteiger partial charge is 0.302 e. The number of benzene rings is 2. The van der Waals surface area contributed by atoms with Crippen LogP contribution in [0.15, 0.2) is 42.5 Å². The Bertz CT molecular complexity index is 999. The summed E-state index contributed by atoms with van der Waals surface area (Å²) in [6, 6.07) is 12.6. The number of esters is 1. The molecule has 32 heavy (non-hydrogen) atoms. The summed E-state index contributed by atoms with van der Waals surface area (Å²) in [5.74, 6) is 0.795. The van der Waals surface area contributed by atoms with Crippen LogP contribution < -0.4 is 10.1 Å². The number of carbonyl (C=O) groups excluding carboxylic acids is 2. The fourth-order valence-corrected chi connectivity index (χ4v) is 3.83. The van der Waals surface area contributed by atoms with Crippen LogP contribution in [-0.4, -0.2) is 62.1 Å². The summed E-state index contributed by atoms with van der Waals surface area (Å²) in [5, 5.41) is 11.3. The first kappa shape index (κ1) is 21.8. The highest BCUT2D eigenvalue weighted by molar-refractivity contribution is 6.05. The molecule has 1 amide bonds. The summed E-state index contributed by atoms with van der Waals surface area (Å²) in [4.78, 5) is 25.8. The van der Waals surface area contributed by atoms with Crippen molar-refractivity contribution in [3.63, 3.8) is 0 Å². The van der Waals surface area contributed by atoms with Crippen LogP contribution in [0.4, 0.5) is 5.69 Å². The van der Waals surface area contributed by atoms with E-state index < -0.39 is 0 Å². The topological polar surface area (TPSA) is 101 Å². The zero-order valence-electron chi connectivity index (χ0n) is 18.1. The largest absolute Gasteiger partial charge is 0.493 e. The standard InChI is InChI=1S/C24H27N3O5/c1-16(28)31-14-17-12-20-13-21(6-7-22(20)32-15-17)26-24(29)19-4-2-18(3-5-19)23(25)27-8-10-30-11-9-27/h2-7,13,17,25H,8-12,14-15H2,1H3,(H,26,29). The molecule has 0 bridgehead atoms. The fraction of sp³-hybridized carbons (Fsp3) is 0.375. The Balaban J connectivity index is 1.38. The van der Waals surface area contributed by atoms with E-state index in [0.29, 0.717) is 63.0 Å². The van der Waals surface area contributed by atoms with E-state index in [1.54, 1.807) is 24.3 Å². The Morgan fingerprint density at radius 3 is 2.56 bits per heavy atom. The minimum Gasteiger partial charge on any atom is -0.493 e. The van der Waals surface area contributed by atoms with Gasteiger partial charge in [0, 0.05) is 42.7 Å². The van der Waals surface area contributed by atoms with Crippen LogP contribution in [-0.2, 0) is 20.7 Å². The Morgan fingerprint density at radius 1 is 1.12 bits per heavy atom. The number of ether oxygens (including phenoxy) is 3. The quantitative estimate of drug-likeness (QED) is 0.424. The number of anilines is 1. The summed E-state index contributed by atoms with van der Waals surface area (Å²) in [7, 11) is 0. The summed E-state index contributed by atoms with van der Waals surface area (Å²) in [6.07, 6.45) is 0.713. The molecular weight excluding hydrogens is 410 g/mol. The van der Waals surface area contributed by atoms with Crippen molar-refractivity contribution >= 4 is 23.4 Å². The molecule has 0 aliphatic carbocycles. The van der Waals surface area contributed by atoms with Gasteiger partial charge in [-0.05, 0) is 42.3 Å². The molecule has 2 aliphatic rings. The predicted octanol–water partition coefficient (Wildman–Crippen LogP) is 2.71. The molecule has 168 valence electrons. The lowest BCUT2D eigenvalue weighted by molar-refractivity contribution is -0.142. The monoisotopic (exact) mass is 437 g/mol. The number of carbonyl (C=O) groups is 2. The number of rotatable bonds is 5. The maximum atomic E-state index is 12.7. The first-order chi connectivity index (χ1) is 15.5. The van der Waals surface area contributed by atoms with Gasteiger partial charge in [0.25, 0.3) is 5.91 Å². The Labute approximate surface area is 187 Å². The fourth-order valence-electron chi connectivity index (χ4n) is 3.83. The van der Waals surface area contributed by atoms with Gasteiger partial charge in [-0.25, -0.2) is 0 Å². The van der Waals surface area contributed by atoms with Gasteiger partial charge in [0.15, 0.2) is 0 Å². The third-order valence-corrected chi connectivity index (χ3v) is 5.57. The molecule has 1 atom stereocenters. The molecule has 8 nitrogen and oxygen atoms in total. The number of hydrogen-bond donors (Lipinski definition) is 2. The van der Waals surface area contributed by atoms with Gasteiger partial charge >= 0.3 is 5.97 Å². The van der Waals surface area contributed by atoms with Crippen molar-refractivity contribution in [3.05, 3.63) is 59.2 Å². The molecule has 1 saturated heterocycles. The van der Waals surface area contributed by atoms with Gasteiger partial charge in [0.1, 0.15) is 11.6 Å². The maximum Gasteiger partial charge on any atom is 0.302 e. The molecule has 2 aliphatic heterocycles. The van der Waals surface area contributed by atoms with Gasteiger partial charge in [-0.2, -0.15) is 0 Å². The summed E-state index contributed by atoms with van der Waals surface area (Å²) in [6.45, 7) is 4.85. The maximum absolute atomic E-state index is 12.7. The van der Waals surface area contributed by atoms with Crippen molar-refractivity contribution in [3.8, 4) is 5.75 Å². The van der Waals surface area contributed by atoms with Crippen molar-refractivity contribution in [1.82, 2.24) is 4.90 Å². The predicted molar refractivity (Wildman–Crippen MR) is 119 cm³/mol. The lowest BCUT2D eigenvalue weighted by Crippen LogP contribution is -2.40.